The second-order valence-electron chi connectivity index (χ2n) is 8.35. The molecule has 2 unspecified atom stereocenters. The molecule has 3 atom stereocenters. The number of hydrogen-bond acceptors (Lipinski definition) is 3. The Morgan fingerprint density at radius 2 is 1.88 bits per heavy atom. The van der Waals surface area contributed by atoms with Gasteiger partial charge in [-0.25, -0.2) is 0 Å². The Bertz CT molecular complexity index is 829. The number of nitrogens with zero attached hydrogens (tertiary/aromatic N) is 1. The second kappa shape index (κ2) is 15.5. The molecule has 0 aliphatic rings. The van der Waals surface area contributed by atoms with E-state index in [0.717, 1.165) is 24.3 Å². The molecule has 0 spiro atoms. The molecular formula is C29H41NOS. The average Bonchev–Trinajstić information content (AvgIpc) is 2.76. The summed E-state index contributed by atoms with van der Waals surface area (Å²) in [5.74, 6) is 1.69. The van der Waals surface area contributed by atoms with Gasteiger partial charge in [-0.3, -0.25) is 4.98 Å². The van der Waals surface area contributed by atoms with Crippen LogP contribution in [0.5, 0.6) is 0 Å². The van der Waals surface area contributed by atoms with Crippen LogP contribution >= 0.6 is 11.8 Å². The van der Waals surface area contributed by atoms with E-state index in [1.165, 1.54) is 16.0 Å². The Labute approximate surface area is 201 Å². The van der Waals surface area contributed by atoms with Crippen molar-refractivity contribution in [2.45, 2.75) is 59.6 Å². The van der Waals surface area contributed by atoms with Crippen LogP contribution in [-0.4, -0.2) is 11.6 Å². The molecule has 0 aromatic carbocycles. The average molecular weight is 452 g/mol. The van der Waals surface area contributed by atoms with E-state index in [-0.39, 0.29) is 5.25 Å². The number of thioether (sulfide) groups is 1. The van der Waals surface area contributed by atoms with Crippen molar-refractivity contribution in [1.29, 1.82) is 0 Å². The zero-order valence-electron chi connectivity index (χ0n) is 20.8. The Hall–Kier alpha value is -2.26. The smallest absolute Gasteiger partial charge is 0.109 e. The van der Waals surface area contributed by atoms with E-state index in [0.29, 0.717) is 18.4 Å². The number of pyridine rings is 1. The van der Waals surface area contributed by atoms with E-state index in [1.54, 1.807) is 6.08 Å². The number of aryl methyl sites for hydroxylation is 1. The van der Waals surface area contributed by atoms with Crippen LogP contribution in [0.1, 0.15) is 64.0 Å². The first-order valence-electron chi connectivity index (χ1n) is 11.5. The van der Waals surface area contributed by atoms with Gasteiger partial charge in [0.1, 0.15) is 6.61 Å². The first-order chi connectivity index (χ1) is 15.3. The molecule has 1 aromatic heterocycles. The van der Waals surface area contributed by atoms with Gasteiger partial charge >= 0.3 is 0 Å². The number of rotatable bonds is 14. The van der Waals surface area contributed by atoms with Crippen molar-refractivity contribution in [3.05, 3.63) is 102 Å². The third kappa shape index (κ3) is 10.9. The van der Waals surface area contributed by atoms with E-state index in [2.05, 4.69) is 96.1 Å². The van der Waals surface area contributed by atoms with Crippen LogP contribution in [0.15, 0.2) is 90.3 Å². The predicted octanol–water partition coefficient (Wildman–Crippen LogP) is 8.92. The van der Waals surface area contributed by atoms with Crippen molar-refractivity contribution in [3.63, 3.8) is 0 Å². The minimum absolute atomic E-state index is 0.288. The molecule has 0 fully saturated rings. The highest BCUT2D eigenvalue weighted by Gasteiger charge is 2.19. The van der Waals surface area contributed by atoms with Crippen LogP contribution in [-0.2, 0) is 4.74 Å². The van der Waals surface area contributed by atoms with E-state index >= 15 is 0 Å². The lowest BCUT2D eigenvalue weighted by atomic mass is 9.95. The SMILES string of the molecule is C=C/C=C\C=C(/C)CO/C(=C/C=C\CC)C(C)C[C@H](C)C(=C)SC(C)c1ccc(C)cn1. The van der Waals surface area contributed by atoms with Gasteiger partial charge in [-0.1, -0.05) is 76.5 Å². The van der Waals surface area contributed by atoms with Gasteiger partial charge in [0.05, 0.1) is 11.5 Å². The van der Waals surface area contributed by atoms with Gasteiger partial charge in [0.15, 0.2) is 0 Å². The fourth-order valence-electron chi connectivity index (χ4n) is 3.10. The van der Waals surface area contributed by atoms with Crippen LogP contribution in [0.2, 0.25) is 0 Å². The molecule has 0 aliphatic heterocycles. The van der Waals surface area contributed by atoms with Crippen LogP contribution in [0.3, 0.4) is 0 Å². The standard InChI is InChI=1S/C29H41NOS/c1-9-11-13-15-23(4)21-31-29(16-14-12-10-2)25(6)19-24(5)26(7)32-27(8)28-18-17-22(3)20-30-28/h9,11-18,20,24-25,27H,1,7,10,19,21H2,2-6,8H3/b13-11-,14-12-,23-15+,29-16+/t24-,25?,27?/m0/s1. The fraction of sp³-hybridized carbons (Fsp3) is 0.414. The van der Waals surface area contributed by atoms with Gasteiger partial charge in [0, 0.05) is 17.4 Å². The lowest BCUT2D eigenvalue weighted by molar-refractivity contribution is 0.196. The van der Waals surface area contributed by atoms with E-state index in [1.807, 2.05) is 30.1 Å². The summed E-state index contributed by atoms with van der Waals surface area (Å²) in [6.07, 6.45) is 18.0. The Kier molecular flexibility index (Phi) is 13.5. The molecule has 32 heavy (non-hydrogen) atoms. The third-order valence-corrected chi connectivity index (χ3v) is 6.45. The molecule has 174 valence electrons. The summed E-state index contributed by atoms with van der Waals surface area (Å²) in [6, 6.07) is 4.23. The highest BCUT2D eigenvalue weighted by Crippen LogP contribution is 2.38. The molecule has 0 N–H and O–H groups in total. The molecule has 1 rings (SSSR count). The Morgan fingerprint density at radius 3 is 2.50 bits per heavy atom. The van der Waals surface area contributed by atoms with Gasteiger partial charge < -0.3 is 4.74 Å². The Balaban J connectivity index is 2.75. The first kappa shape index (κ1) is 27.8. The van der Waals surface area contributed by atoms with Gasteiger partial charge in [-0.05, 0) is 67.7 Å². The zero-order valence-corrected chi connectivity index (χ0v) is 21.6. The van der Waals surface area contributed by atoms with E-state index in [4.69, 9.17) is 4.74 Å². The zero-order chi connectivity index (χ0) is 23.9. The fourth-order valence-corrected chi connectivity index (χ4v) is 4.14. The lowest BCUT2D eigenvalue weighted by Gasteiger charge is -2.23. The molecule has 1 aromatic rings. The molecule has 2 nitrogen and oxygen atoms in total. The van der Waals surface area contributed by atoms with Crippen molar-refractivity contribution in [1.82, 2.24) is 4.98 Å². The predicted molar refractivity (Wildman–Crippen MR) is 144 cm³/mol. The maximum Gasteiger partial charge on any atom is 0.109 e. The maximum atomic E-state index is 6.22. The largest absolute Gasteiger partial charge is 0.493 e. The quantitative estimate of drug-likeness (QED) is 0.208. The third-order valence-electron chi connectivity index (χ3n) is 5.15. The van der Waals surface area contributed by atoms with Gasteiger partial charge in [0.25, 0.3) is 0 Å². The van der Waals surface area contributed by atoms with Crippen molar-refractivity contribution in [2.24, 2.45) is 11.8 Å². The summed E-state index contributed by atoms with van der Waals surface area (Å²) in [6.45, 7) is 21.6. The summed E-state index contributed by atoms with van der Waals surface area (Å²) in [5.41, 5.74) is 3.46. The number of allylic oxidation sites excluding steroid dienone is 9. The first-order valence-corrected chi connectivity index (χ1v) is 12.4. The van der Waals surface area contributed by atoms with Crippen LogP contribution < -0.4 is 0 Å². The minimum Gasteiger partial charge on any atom is -0.493 e. The van der Waals surface area contributed by atoms with Crippen molar-refractivity contribution >= 4 is 11.8 Å². The van der Waals surface area contributed by atoms with Crippen molar-refractivity contribution < 1.29 is 4.74 Å². The second-order valence-corrected chi connectivity index (χ2v) is 9.82. The van der Waals surface area contributed by atoms with Gasteiger partial charge in [-0.2, -0.15) is 0 Å². The minimum atomic E-state index is 0.288. The summed E-state index contributed by atoms with van der Waals surface area (Å²) in [4.78, 5) is 5.77. The highest BCUT2D eigenvalue weighted by molar-refractivity contribution is 8.03. The summed E-state index contributed by atoms with van der Waals surface area (Å²) in [5, 5.41) is 0.288. The monoisotopic (exact) mass is 451 g/mol. The normalized spacial score (nSPS) is 15.7. The number of hydrogen-bond donors (Lipinski definition) is 0. The molecule has 0 aliphatic carbocycles. The molecular weight excluding hydrogens is 410 g/mol. The van der Waals surface area contributed by atoms with Crippen molar-refractivity contribution in [2.75, 3.05) is 6.61 Å². The Morgan fingerprint density at radius 1 is 1.12 bits per heavy atom. The van der Waals surface area contributed by atoms with Crippen LogP contribution in [0.25, 0.3) is 0 Å². The molecule has 3 heteroatoms. The number of ether oxygens (including phenoxy) is 1. The van der Waals surface area contributed by atoms with Crippen LogP contribution in [0.4, 0.5) is 0 Å². The van der Waals surface area contributed by atoms with Gasteiger partial charge in [0.2, 0.25) is 0 Å². The lowest BCUT2D eigenvalue weighted by Crippen LogP contribution is -2.11. The summed E-state index contributed by atoms with van der Waals surface area (Å²) in [7, 11) is 0. The maximum absolute atomic E-state index is 6.22. The summed E-state index contributed by atoms with van der Waals surface area (Å²) >= 11 is 1.82. The van der Waals surface area contributed by atoms with Crippen molar-refractivity contribution in [3.8, 4) is 0 Å². The topological polar surface area (TPSA) is 22.1 Å². The summed E-state index contributed by atoms with van der Waals surface area (Å²) < 4.78 is 6.22. The number of aromatic nitrogens is 1. The van der Waals surface area contributed by atoms with E-state index in [9.17, 15) is 0 Å². The molecule has 0 radical (unpaired) electrons. The molecule has 1 heterocycles. The van der Waals surface area contributed by atoms with Crippen LogP contribution in [0, 0.1) is 18.8 Å². The molecule has 0 bridgehead atoms. The molecule has 0 amide bonds. The molecule has 0 saturated carbocycles. The molecule has 0 saturated heterocycles. The van der Waals surface area contributed by atoms with Gasteiger partial charge in [-0.15, -0.1) is 11.8 Å². The highest BCUT2D eigenvalue weighted by atomic mass is 32.2. The van der Waals surface area contributed by atoms with E-state index < -0.39 is 0 Å².